The van der Waals surface area contributed by atoms with E-state index in [9.17, 15) is 22.8 Å². The maximum atomic E-state index is 13.0. The SMILES string of the molecule is O=C(Cc1ccccc1C1CCCC[C@@H](CCC(=O)C(F)(F)F)C1)c1csc(-c2cccs2)n1. The first kappa shape index (κ1) is 24.8. The predicted octanol–water partition coefficient (Wildman–Crippen LogP) is 7.87. The smallest absolute Gasteiger partial charge is 0.292 e. The van der Waals surface area contributed by atoms with E-state index in [-0.39, 0.29) is 30.5 Å². The molecule has 1 aliphatic rings. The number of nitrogens with zero attached hydrogens (tertiary/aromatic N) is 1. The molecule has 0 radical (unpaired) electrons. The Bertz CT molecular complexity index is 1120. The van der Waals surface area contributed by atoms with Gasteiger partial charge in [-0.05, 0) is 53.7 Å². The highest BCUT2D eigenvalue weighted by Gasteiger charge is 2.38. The molecule has 1 aliphatic carbocycles. The number of aromatic nitrogens is 1. The fourth-order valence-corrected chi connectivity index (χ4v) is 6.39. The molecule has 0 bridgehead atoms. The Labute approximate surface area is 205 Å². The third kappa shape index (κ3) is 6.21. The van der Waals surface area contributed by atoms with Crippen LogP contribution in [0.2, 0.25) is 0 Å². The van der Waals surface area contributed by atoms with Gasteiger partial charge in [-0.3, -0.25) is 9.59 Å². The topological polar surface area (TPSA) is 47.0 Å². The molecule has 0 aliphatic heterocycles. The lowest BCUT2D eigenvalue weighted by Crippen LogP contribution is -2.23. The summed E-state index contributed by atoms with van der Waals surface area (Å²) in [7, 11) is 0. The van der Waals surface area contributed by atoms with Gasteiger partial charge in [0.25, 0.3) is 0 Å². The molecule has 0 N–H and O–H groups in total. The van der Waals surface area contributed by atoms with Gasteiger partial charge in [-0.25, -0.2) is 4.98 Å². The van der Waals surface area contributed by atoms with Gasteiger partial charge in [0.2, 0.25) is 5.78 Å². The lowest BCUT2D eigenvalue weighted by molar-refractivity contribution is -0.171. The van der Waals surface area contributed by atoms with Crippen LogP contribution in [-0.2, 0) is 11.2 Å². The zero-order chi connectivity index (χ0) is 24.1. The van der Waals surface area contributed by atoms with Gasteiger partial charge in [0, 0.05) is 18.2 Å². The highest BCUT2D eigenvalue weighted by atomic mass is 32.1. The first-order chi connectivity index (χ1) is 16.3. The fraction of sp³-hybridized carbons (Fsp3) is 0.423. The number of thiophene rings is 1. The normalized spacial score (nSPS) is 19.0. The van der Waals surface area contributed by atoms with Crippen LogP contribution in [0.4, 0.5) is 13.2 Å². The van der Waals surface area contributed by atoms with Crippen molar-refractivity contribution in [3.63, 3.8) is 0 Å². The van der Waals surface area contributed by atoms with Gasteiger partial charge in [-0.1, -0.05) is 49.6 Å². The molecular weight excluding hydrogens is 479 g/mol. The van der Waals surface area contributed by atoms with Crippen molar-refractivity contribution in [1.29, 1.82) is 0 Å². The minimum atomic E-state index is -4.75. The van der Waals surface area contributed by atoms with E-state index in [0.29, 0.717) is 5.69 Å². The van der Waals surface area contributed by atoms with Gasteiger partial charge in [-0.15, -0.1) is 22.7 Å². The van der Waals surface area contributed by atoms with Crippen molar-refractivity contribution in [2.24, 2.45) is 5.92 Å². The van der Waals surface area contributed by atoms with E-state index in [0.717, 1.165) is 53.1 Å². The number of ketones is 2. The van der Waals surface area contributed by atoms with Gasteiger partial charge in [0.1, 0.15) is 10.7 Å². The number of hydrogen-bond acceptors (Lipinski definition) is 5. The average Bonchev–Trinajstić information content (AvgIpc) is 3.46. The van der Waals surface area contributed by atoms with Gasteiger partial charge in [0.15, 0.2) is 5.78 Å². The predicted molar refractivity (Wildman–Crippen MR) is 130 cm³/mol. The standard InChI is InChI=1S/C26H26F3NO2S2/c27-26(28,29)24(32)12-11-17-6-1-2-7-18(14-17)20-9-4-3-8-19(20)15-22(31)21-16-34-25(30-21)23-10-5-13-33-23/h3-5,8-10,13,16-18H,1-2,6-7,11-12,14-15H2/t17-,18?/m0/s1. The molecule has 3 nitrogen and oxygen atoms in total. The van der Waals surface area contributed by atoms with Crippen LogP contribution in [0, 0.1) is 5.92 Å². The summed E-state index contributed by atoms with van der Waals surface area (Å²) in [5, 5.41) is 4.62. The highest BCUT2D eigenvalue weighted by Crippen LogP contribution is 2.39. The number of Topliss-reactive ketones (excluding diaryl/α,β-unsaturated/α-hetero) is 2. The number of thiazole rings is 1. The summed E-state index contributed by atoms with van der Waals surface area (Å²) >= 11 is 3.05. The largest absolute Gasteiger partial charge is 0.449 e. The maximum absolute atomic E-state index is 13.0. The van der Waals surface area contributed by atoms with Gasteiger partial charge in [-0.2, -0.15) is 13.2 Å². The van der Waals surface area contributed by atoms with E-state index in [2.05, 4.69) is 4.98 Å². The number of alkyl halides is 3. The van der Waals surface area contributed by atoms with Gasteiger partial charge < -0.3 is 0 Å². The summed E-state index contributed by atoms with van der Waals surface area (Å²) in [6.45, 7) is 0. The number of carbonyl (C=O) groups excluding carboxylic acids is 2. The van der Waals surface area contributed by atoms with Crippen LogP contribution < -0.4 is 0 Å². The van der Waals surface area contributed by atoms with Crippen molar-refractivity contribution < 1.29 is 22.8 Å². The summed E-state index contributed by atoms with van der Waals surface area (Å²) in [4.78, 5) is 30.0. The van der Waals surface area contributed by atoms with Crippen molar-refractivity contribution in [1.82, 2.24) is 4.98 Å². The molecule has 1 unspecified atom stereocenters. The van der Waals surface area contributed by atoms with Gasteiger partial charge in [0.05, 0.1) is 4.88 Å². The minimum absolute atomic E-state index is 0.0348. The van der Waals surface area contributed by atoms with Crippen LogP contribution >= 0.6 is 22.7 Å². The Kier molecular flexibility index (Phi) is 7.99. The van der Waals surface area contributed by atoms with Crippen LogP contribution in [0.5, 0.6) is 0 Å². The van der Waals surface area contributed by atoms with E-state index in [4.69, 9.17) is 0 Å². The van der Waals surface area contributed by atoms with E-state index in [1.54, 1.807) is 16.7 Å². The second-order valence-corrected chi connectivity index (χ2v) is 10.7. The molecule has 34 heavy (non-hydrogen) atoms. The Morgan fingerprint density at radius 3 is 2.59 bits per heavy atom. The Balaban J connectivity index is 1.45. The molecule has 1 fully saturated rings. The molecule has 180 valence electrons. The average molecular weight is 506 g/mol. The Morgan fingerprint density at radius 2 is 1.82 bits per heavy atom. The summed E-state index contributed by atoms with van der Waals surface area (Å²) in [5.41, 5.74) is 2.52. The lowest BCUT2D eigenvalue weighted by atomic mass is 9.82. The van der Waals surface area contributed by atoms with Crippen LogP contribution in [0.25, 0.3) is 9.88 Å². The summed E-state index contributed by atoms with van der Waals surface area (Å²) in [6, 6.07) is 11.8. The molecular formula is C26H26F3NO2S2. The fourth-order valence-electron chi connectivity index (χ4n) is 4.76. The van der Waals surface area contributed by atoms with Crippen molar-refractivity contribution >= 4 is 34.2 Å². The van der Waals surface area contributed by atoms with Crippen molar-refractivity contribution in [3.05, 3.63) is 64.0 Å². The molecule has 1 aromatic carbocycles. The summed E-state index contributed by atoms with van der Waals surface area (Å²) < 4.78 is 37.9. The van der Waals surface area contributed by atoms with E-state index >= 15 is 0 Å². The summed E-state index contributed by atoms with van der Waals surface area (Å²) in [5.74, 6) is -1.42. The van der Waals surface area contributed by atoms with Crippen molar-refractivity contribution in [2.45, 2.75) is 63.5 Å². The quantitative estimate of drug-likeness (QED) is 0.231. The van der Waals surface area contributed by atoms with Crippen molar-refractivity contribution in [2.75, 3.05) is 0 Å². The third-order valence-electron chi connectivity index (χ3n) is 6.50. The van der Waals surface area contributed by atoms with E-state index in [1.165, 1.54) is 11.3 Å². The van der Waals surface area contributed by atoms with Crippen LogP contribution in [0.15, 0.2) is 47.2 Å². The monoisotopic (exact) mass is 505 g/mol. The maximum Gasteiger partial charge on any atom is 0.449 e. The van der Waals surface area contributed by atoms with Crippen LogP contribution in [-0.4, -0.2) is 22.7 Å². The molecule has 8 heteroatoms. The van der Waals surface area contributed by atoms with Crippen LogP contribution in [0.1, 0.15) is 72.5 Å². The number of carbonyl (C=O) groups is 2. The van der Waals surface area contributed by atoms with E-state index in [1.807, 2.05) is 41.8 Å². The first-order valence-corrected chi connectivity index (χ1v) is 13.3. The second-order valence-electron chi connectivity index (χ2n) is 8.86. The number of halogens is 3. The zero-order valence-electron chi connectivity index (χ0n) is 18.6. The first-order valence-electron chi connectivity index (χ1n) is 11.5. The molecule has 3 aromatic rings. The lowest BCUT2D eigenvalue weighted by Gasteiger charge is -2.22. The molecule has 2 atom stereocenters. The molecule has 1 saturated carbocycles. The molecule has 0 amide bonds. The highest BCUT2D eigenvalue weighted by molar-refractivity contribution is 7.20. The third-order valence-corrected chi connectivity index (χ3v) is 8.38. The second kappa shape index (κ2) is 11.0. The van der Waals surface area contributed by atoms with Crippen LogP contribution in [0.3, 0.4) is 0 Å². The number of benzene rings is 1. The summed E-state index contributed by atoms with van der Waals surface area (Å²) in [6.07, 6.45) is -0.220. The van der Waals surface area contributed by atoms with Crippen molar-refractivity contribution in [3.8, 4) is 9.88 Å². The van der Waals surface area contributed by atoms with Gasteiger partial charge >= 0.3 is 6.18 Å². The molecule has 4 rings (SSSR count). The Morgan fingerprint density at radius 1 is 1.03 bits per heavy atom. The minimum Gasteiger partial charge on any atom is -0.292 e. The zero-order valence-corrected chi connectivity index (χ0v) is 20.3. The van der Waals surface area contributed by atoms with E-state index < -0.39 is 18.4 Å². The number of hydrogen-bond donors (Lipinski definition) is 0. The molecule has 2 aromatic heterocycles. The number of rotatable bonds is 8. The molecule has 0 saturated heterocycles. The molecule has 2 heterocycles. The Hall–Kier alpha value is -2.32. The molecule has 0 spiro atoms.